The molecule has 2 amide bonds. The molecule has 0 saturated carbocycles. The number of benzene rings is 2. The molecule has 2 rings (SSSR count). The van der Waals surface area contributed by atoms with E-state index in [9.17, 15) is 24.5 Å². The van der Waals surface area contributed by atoms with Crippen LogP contribution in [0.15, 0.2) is 36.4 Å². The van der Waals surface area contributed by atoms with Crippen molar-refractivity contribution in [1.82, 2.24) is 0 Å². The number of nitro groups is 1. The van der Waals surface area contributed by atoms with Crippen molar-refractivity contribution in [3.63, 3.8) is 0 Å². The molecular weight excluding hydrogens is 406 g/mol. The maximum Gasteiger partial charge on any atom is 0.306 e. The van der Waals surface area contributed by atoms with E-state index in [2.05, 4.69) is 10.6 Å². The lowest BCUT2D eigenvalue weighted by atomic mass is 10.1. The molecule has 0 aliphatic rings. The Morgan fingerprint density at radius 2 is 1.68 bits per heavy atom. The zero-order chi connectivity index (χ0) is 23.0. The molecule has 0 radical (unpaired) electrons. The zero-order valence-corrected chi connectivity index (χ0v) is 17.4. The van der Waals surface area contributed by atoms with E-state index >= 15 is 0 Å². The monoisotopic (exact) mass is 429 g/mol. The number of aryl methyl sites for hydroxylation is 2. The number of nitro benzene ring substituents is 1. The molecule has 0 aliphatic carbocycles. The fourth-order valence-corrected chi connectivity index (χ4v) is 2.60. The summed E-state index contributed by atoms with van der Waals surface area (Å²) in [5, 5.41) is 16.1. The summed E-state index contributed by atoms with van der Waals surface area (Å²) in [7, 11) is 1.38. The number of rotatable bonds is 9. The van der Waals surface area contributed by atoms with Gasteiger partial charge in [0.05, 0.1) is 18.5 Å². The van der Waals surface area contributed by atoms with Gasteiger partial charge in [0.2, 0.25) is 5.91 Å². The Labute approximate surface area is 178 Å². The van der Waals surface area contributed by atoms with Gasteiger partial charge in [0.1, 0.15) is 11.4 Å². The maximum absolute atomic E-state index is 12.0. The minimum atomic E-state index is -0.760. The summed E-state index contributed by atoms with van der Waals surface area (Å²) in [6.07, 6.45) is -0.335. The van der Waals surface area contributed by atoms with Gasteiger partial charge < -0.3 is 20.1 Å². The van der Waals surface area contributed by atoms with Gasteiger partial charge >= 0.3 is 5.97 Å². The topological polar surface area (TPSA) is 137 Å². The van der Waals surface area contributed by atoms with Crippen molar-refractivity contribution >= 4 is 34.8 Å². The normalized spacial score (nSPS) is 10.2. The number of anilines is 2. The summed E-state index contributed by atoms with van der Waals surface area (Å²) in [5.74, 6) is -1.55. The van der Waals surface area contributed by atoms with Gasteiger partial charge in [-0.1, -0.05) is 12.1 Å². The van der Waals surface area contributed by atoms with Gasteiger partial charge in [-0.15, -0.1) is 0 Å². The van der Waals surface area contributed by atoms with Crippen molar-refractivity contribution in [2.45, 2.75) is 26.7 Å². The number of hydrogen-bond donors (Lipinski definition) is 2. The molecule has 0 spiro atoms. The zero-order valence-electron chi connectivity index (χ0n) is 17.4. The van der Waals surface area contributed by atoms with Gasteiger partial charge in [0.25, 0.3) is 11.6 Å². The number of amides is 2. The van der Waals surface area contributed by atoms with Gasteiger partial charge in [-0.05, 0) is 37.1 Å². The average molecular weight is 429 g/mol. The van der Waals surface area contributed by atoms with E-state index < -0.39 is 23.4 Å². The third kappa shape index (κ3) is 7.11. The molecule has 10 nitrogen and oxygen atoms in total. The van der Waals surface area contributed by atoms with Crippen LogP contribution in [0.4, 0.5) is 17.1 Å². The standard InChI is InChI=1S/C21H23N3O7/c1-13-4-5-14(2)16(10-13)22-19(25)8-9-21(27)31-12-20(26)23-17-11-15(30-3)6-7-18(17)24(28)29/h4-7,10-11H,8-9,12H2,1-3H3,(H,22,25)(H,23,26). The van der Waals surface area contributed by atoms with E-state index in [1.54, 1.807) is 0 Å². The fraction of sp³-hybridized carbons (Fsp3) is 0.286. The van der Waals surface area contributed by atoms with E-state index in [1.165, 1.54) is 25.3 Å². The highest BCUT2D eigenvalue weighted by Crippen LogP contribution is 2.28. The van der Waals surface area contributed by atoms with Gasteiger partial charge in [0, 0.05) is 24.2 Å². The Morgan fingerprint density at radius 1 is 0.968 bits per heavy atom. The molecule has 0 atom stereocenters. The summed E-state index contributed by atoms with van der Waals surface area (Å²) < 4.78 is 9.83. The lowest BCUT2D eigenvalue weighted by Crippen LogP contribution is -2.22. The lowest BCUT2D eigenvalue weighted by Gasteiger charge is -2.10. The number of esters is 1. The molecule has 2 N–H and O–H groups in total. The van der Waals surface area contributed by atoms with Crippen LogP contribution in [0.3, 0.4) is 0 Å². The SMILES string of the molecule is COc1ccc([N+](=O)[O-])c(NC(=O)COC(=O)CCC(=O)Nc2cc(C)ccc2C)c1. The molecule has 2 aromatic rings. The quantitative estimate of drug-likeness (QED) is 0.355. The first-order valence-electron chi connectivity index (χ1n) is 9.34. The van der Waals surface area contributed by atoms with Crippen LogP contribution < -0.4 is 15.4 Å². The molecule has 0 aromatic heterocycles. The lowest BCUT2D eigenvalue weighted by molar-refractivity contribution is -0.383. The number of methoxy groups -OCH3 is 1. The summed E-state index contributed by atoms with van der Waals surface area (Å²) in [6.45, 7) is 3.11. The molecule has 10 heteroatoms. The van der Waals surface area contributed by atoms with E-state index in [4.69, 9.17) is 9.47 Å². The molecule has 164 valence electrons. The summed E-state index contributed by atoms with van der Waals surface area (Å²) in [4.78, 5) is 46.3. The van der Waals surface area contributed by atoms with Crippen LogP contribution in [0, 0.1) is 24.0 Å². The highest BCUT2D eigenvalue weighted by atomic mass is 16.6. The Hall–Kier alpha value is -3.95. The van der Waals surface area contributed by atoms with Gasteiger partial charge in [-0.25, -0.2) is 0 Å². The minimum Gasteiger partial charge on any atom is -0.497 e. The van der Waals surface area contributed by atoms with Crippen LogP contribution >= 0.6 is 0 Å². The smallest absolute Gasteiger partial charge is 0.306 e. The minimum absolute atomic E-state index is 0.0849. The van der Waals surface area contributed by atoms with Crippen molar-refractivity contribution < 1.29 is 28.8 Å². The van der Waals surface area contributed by atoms with Crippen molar-refractivity contribution in [1.29, 1.82) is 0 Å². The molecule has 0 aliphatic heterocycles. The highest BCUT2D eigenvalue weighted by molar-refractivity contribution is 5.96. The van der Waals surface area contributed by atoms with Crippen molar-refractivity contribution in [3.05, 3.63) is 57.6 Å². The Bertz CT molecular complexity index is 1000. The molecule has 31 heavy (non-hydrogen) atoms. The first kappa shape index (κ1) is 23.3. The van der Waals surface area contributed by atoms with Crippen molar-refractivity contribution in [3.8, 4) is 5.75 Å². The molecule has 0 fully saturated rings. The van der Waals surface area contributed by atoms with E-state index in [0.717, 1.165) is 11.1 Å². The number of nitrogens with one attached hydrogen (secondary N) is 2. The maximum atomic E-state index is 12.0. The van der Waals surface area contributed by atoms with Gasteiger partial charge in [0.15, 0.2) is 6.61 Å². The molecule has 0 saturated heterocycles. The van der Waals surface area contributed by atoms with Gasteiger partial charge in [-0.3, -0.25) is 24.5 Å². The van der Waals surface area contributed by atoms with Crippen LogP contribution in [-0.4, -0.2) is 36.4 Å². The molecule has 2 aromatic carbocycles. The number of nitrogens with zero attached hydrogens (tertiary/aromatic N) is 1. The first-order chi connectivity index (χ1) is 14.7. The summed E-state index contributed by atoms with van der Waals surface area (Å²) >= 11 is 0. The third-order valence-corrected chi connectivity index (χ3v) is 4.26. The van der Waals surface area contributed by atoms with Crippen molar-refractivity contribution in [2.24, 2.45) is 0 Å². The van der Waals surface area contributed by atoms with Crippen LogP contribution in [0.5, 0.6) is 5.75 Å². The predicted octanol–water partition coefficient (Wildman–Crippen LogP) is 3.12. The van der Waals surface area contributed by atoms with E-state index in [-0.39, 0.29) is 30.1 Å². The van der Waals surface area contributed by atoms with E-state index in [1.807, 2.05) is 32.0 Å². The second-order valence-electron chi connectivity index (χ2n) is 6.72. The summed E-state index contributed by atoms with van der Waals surface area (Å²) in [6, 6.07) is 9.49. The average Bonchev–Trinajstić information content (AvgIpc) is 2.73. The van der Waals surface area contributed by atoms with E-state index in [0.29, 0.717) is 11.4 Å². The third-order valence-electron chi connectivity index (χ3n) is 4.26. The second kappa shape index (κ2) is 10.7. The Balaban J connectivity index is 1.82. The van der Waals surface area contributed by atoms with Crippen LogP contribution in [-0.2, 0) is 19.1 Å². The van der Waals surface area contributed by atoms with Crippen molar-refractivity contribution in [2.75, 3.05) is 24.4 Å². The second-order valence-corrected chi connectivity index (χ2v) is 6.72. The Kier molecular flexibility index (Phi) is 8.07. The largest absolute Gasteiger partial charge is 0.497 e. The molecule has 0 heterocycles. The van der Waals surface area contributed by atoms with Gasteiger partial charge in [-0.2, -0.15) is 0 Å². The van der Waals surface area contributed by atoms with Crippen LogP contribution in [0.25, 0.3) is 0 Å². The van der Waals surface area contributed by atoms with Crippen LogP contribution in [0.2, 0.25) is 0 Å². The van der Waals surface area contributed by atoms with Crippen LogP contribution in [0.1, 0.15) is 24.0 Å². The molecular formula is C21H23N3O7. The highest BCUT2D eigenvalue weighted by Gasteiger charge is 2.18. The number of carbonyl (C=O) groups excluding carboxylic acids is 3. The fourth-order valence-electron chi connectivity index (χ4n) is 2.60. The number of carbonyl (C=O) groups is 3. The predicted molar refractivity (Wildman–Crippen MR) is 113 cm³/mol. The first-order valence-corrected chi connectivity index (χ1v) is 9.34. The number of ether oxygens (including phenoxy) is 2. The molecule has 0 bridgehead atoms. The Morgan fingerprint density at radius 3 is 2.35 bits per heavy atom. The number of hydrogen-bond acceptors (Lipinski definition) is 7. The summed E-state index contributed by atoms with van der Waals surface area (Å²) in [5.41, 5.74) is 2.13. The molecule has 0 unspecified atom stereocenters.